The van der Waals surface area contributed by atoms with E-state index in [-0.39, 0.29) is 12.1 Å². The molecule has 24 heavy (non-hydrogen) atoms. The van der Waals surface area contributed by atoms with Crippen LogP contribution >= 0.6 is 0 Å². The Labute approximate surface area is 144 Å². The molecule has 4 nitrogen and oxygen atoms in total. The van der Waals surface area contributed by atoms with Crippen molar-refractivity contribution in [3.8, 4) is 0 Å². The number of nitrogens with zero attached hydrogens (tertiary/aromatic N) is 2. The van der Waals surface area contributed by atoms with Crippen LogP contribution in [0.3, 0.4) is 0 Å². The summed E-state index contributed by atoms with van der Waals surface area (Å²) in [6.45, 7) is 3.25. The highest BCUT2D eigenvalue weighted by atomic mass is 16.4. The topological polar surface area (TPSA) is 43.8 Å². The van der Waals surface area contributed by atoms with Crippen LogP contribution in [0.15, 0.2) is 30.3 Å². The van der Waals surface area contributed by atoms with Gasteiger partial charge in [-0.15, -0.1) is 0 Å². The number of benzene rings is 1. The summed E-state index contributed by atoms with van der Waals surface area (Å²) in [5.74, 6) is 0.913. The van der Waals surface area contributed by atoms with E-state index in [9.17, 15) is 9.90 Å². The summed E-state index contributed by atoms with van der Waals surface area (Å²) in [6, 6.07) is 10.9. The van der Waals surface area contributed by atoms with Crippen LogP contribution < -0.4 is 0 Å². The molecule has 4 heteroatoms. The van der Waals surface area contributed by atoms with E-state index in [1.54, 1.807) is 0 Å². The van der Waals surface area contributed by atoms with Gasteiger partial charge in [0, 0.05) is 18.5 Å². The summed E-state index contributed by atoms with van der Waals surface area (Å²) < 4.78 is 0. The summed E-state index contributed by atoms with van der Waals surface area (Å²) in [6.07, 6.45) is 6.10. The first kappa shape index (κ1) is 15.9. The van der Waals surface area contributed by atoms with Crippen LogP contribution in [-0.4, -0.2) is 52.7 Å². The van der Waals surface area contributed by atoms with Gasteiger partial charge in [-0.25, -0.2) is 4.79 Å². The number of rotatable bonds is 3. The average molecular weight is 328 g/mol. The van der Waals surface area contributed by atoms with E-state index in [1.165, 1.54) is 12.0 Å². The number of hydrogen-bond acceptors (Lipinski definition) is 2. The smallest absolute Gasteiger partial charge is 0.407 e. The number of piperidine rings is 3. The SMILES string of the molecule is O=C(O)N([C@@H]1CCCC[C@H]1c1ccccc1)[C@H]1CN2CCC1CC2. The fraction of sp³-hybridized carbons (Fsp3) is 0.650. The molecular formula is C20H28N2O2. The Morgan fingerprint density at radius 1 is 1.00 bits per heavy atom. The third-order valence-corrected chi connectivity index (χ3v) is 6.51. The molecule has 0 spiro atoms. The van der Waals surface area contributed by atoms with Crippen molar-refractivity contribution in [3.63, 3.8) is 0 Å². The van der Waals surface area contributed by atoms with Gasteiger partial charge in [-0.3, -0.25) is 0 Å². The van der Waals surface area contributed by atoms with Crippen molar-refractivity contribution in [2.75, 3.05) is 19.6 Å². The molecule has 1 saturated carbocycles. The Balaban J connectivity index is 1.62. The van der Waals surface area contributed by atoms with Gasteiger partial charge < -0.3 is 14.9 Å². The molecule has 3 saturated heterocycles. The summed E-state index contributed by atoms with van der Waals surface area (Å²) in [5.41, 5.74) is 1.31. The lowest BCUT2D eigenvalue weighted by Gasteiger charge is -2.52. The van der Waals surface area contributed by atoms with Gasteiger partial charge in [-0.2, -0.15) is 0 Å². The van der Waals surface area contributed by atoms with Gasteiger partial charge in [-0.05, 0) is 50.3 Å². The van der Waals surface area contributed by atoms with Gasteiger partial charge in [0.1, 0.15) is 0 Å². The Hall–Kier alpha value is -1.55. The number of amides is 1. The quantitative estimate of drug-likeness (QED) is 0.918. The molecule has 3 atom stereocenters. The lowest BCUT2D eigenvalue weighted by molar-refractivity contribution is -0.0167. The molecule has 1 amide bonds. The van der Waals surface area contributed by atoms with Gasteiger partial charge in [0.25, 0.3) is 0 Å². The van der Waals surface area contributed by atoms with Crippen LogP contribution in [0.5, 0.6) is 0 Å². The number of carboxylic acid groups (broad SMARTS) is 1. The van der Waals surface area contributed by atoms with E-state index >= 15 is 0 Å². The molecule has 0 unspecified atom stereocenters. The van der Waals surface area contributed by atoms with Gasteiger partial charge in [0.05, 0.1) is 6.04 Å². The predicted octanol–water partition coefficient (Wildman–Crippen LogP) is 3.79. The van der Waals surface area contributed by atoms with E-state index in [0.717, 1.165) is 51.7 Å². The zero-order valence-corrected chi connectivity index (χ0v) is 14.3. The minimum absolute atomic E-state index is 0.143. The molecule has 0 aromatic heterocycles. The van der Waals surface area contributed by atoms with E-state index in [2.05, 4.69) is 29.2 Å². The third-order valence-electron chi connectivity index (χ3n) is 6.51. The van der Waals surface area contributed by atoms with Crippen LogP contribution in [0.25, 0.3) is 0 Å². The Kier molecular flexibility index (Phi) is 4.49. The third kappa shape index (κ3) is 2.92. The minimum atomic E-state index is -0.707. The maximum atomic E-state index is 12.3. The van der Waals surface area contributed by atoms with E-state index in [0.29, 0.717) is 11.8 Å². The fourth-order valence-corrected chi connectivity index (χ4v) is 5.31. The highest BCUT2D eigenvalue weighted by Crippen LogP contribution is 2.40. The normalized spacial score (nSPS) is 35.6. The molecule has 1 aromatic carbocycles. The molecule has 2 bridgehead atoms. The standard InChI is InChI=1S/C20H28N2O2/c23-20(24)22(19-14-21-12-10-16(19)11-13-21)18-9-5-4-8-17(18)15-6-2-1-3-7-15/h1-3,6-7,16-19H,4-5,8-14H2,(H,23,24)/t17-,18+,19-/m0/s1. The lowest BCUT2D eigenvalue weighted by atomic mass is 9.76. The van der Waals surface area contributed by atoms with Crippen molar-refractivity contribution in [3.05, 3.63) is 35.9 Å². The van der Waals surface area contributed by atoms with Crippen LogP contribution in [0.2, 0.25) is 0 Å². The minimum Gasteiger partial charge on any atom is -0.465 e. The monoisotopic (exact) mass is 328 g/mol. The highest BCUT2D eigenvalue weighted by molar-refractivity contribution is 5.66. The predicted molar refractivity (Wildman–Crippen MR) is 94.3 cm³/mol. The molecule has 4 aliphatic rings. The molecule has 0 radical (unpaired) electrons. The first-order valence-corrected chi connectivity index (χ1v) is 9.52. The van der Waals surface area contributed by atoms with Gasteiger partial charge in [0.2, 0.25) is 0 Å². The van der Waals surface area contributed by atoms with Gasteiger partial charge >= 0.3 is 6.09 Å². The molecule has 130 valence electrons. The van der Waals surface area contributed by atoms with Crippen molar-refractivity contribution < 1.29 is 9.90 Å². The highest BCUT2D eigenvalue weighted by Gasteiger charge is 2.44. The maximum Gasteiger partial charge on any atom is 0.407 e. The first-order chi connectivity index (χ1) is 11.7. The number of hydrogen-bond donors (Lipinski definition) is 1. The molecule has 3 aliphatic heterocycles. The zero-order valence-electron chi connectivity index (χ0n) is 14.3. The maximum absolute atomic E-state index is 12.3. The van der Waals surface area contributed by atoms with Crippen LogP contribution in [0.1, 0.15) is 50.0 Å². The Morgan fingerprint density at radius 2 is 1.71 bits per heavy atom. The average Bonchev–Trinajstić information content (AvgIpc) is 2.64. The van der Waals surface area contributed by atoms with E-state index in [1.807, 2.05) is 11.0 Å². The molecule has 1 aliphatic carbocycles. The lowest BCUT2D eigenvalue weighted by Crippen LogP contribution is -2.62. The Bertz CT molecular complexity index is 568. The summed E-state index contributed by atoms with van der Waals surface area (Å²) >= 11 is 0. The second-order valence-corrected chi connectivity index (χ2v) is 7.76. The molecular weight excluding hydrogens is 300 g/mol. The van der Waals surface area contributed by atoms with Crippen molar-refractivity contribution in [2.24, 2.45) is 5.92 Å². The van der Waals surface area contributed by atoms with Gasteiger partial charge in [-0.1, -0.05) is 43.2 Å². The van der Waals surface area contributed by atoms with Crippen LogP contribution in [-0.2, 0) is 0 Å². The largest absolute Gasteiger partial charge is 0.465 e. The van der Waals surface area contributed by atoms with Gasteiger partial charge in [0.15, 0.2) is 0 Å². The second-order valence-electron chi connectivity index (χ2n) is 7.76. The number of carbonyl (C=O) groups is 1. The van der Waals surface area contributed by atoms with E-state index < -0.39 is 6.09 Å². The molecule has 4 fully saturated rings. The summed E-state index contributed by atoms with van der Waals surface area (Å²) in [5, 5.41) is 10.1. The zero-order chi connectivity index (χ0) is 16.5. The first-order valence-electron chi connectivity index (χ1n) is 9.52. The molecule has 5 rings (SSSR count). The van der Waals surface area contributed by atoms with Crippen molar-refractivity contribution in [1.29, 1.82) is 0 Å². The van der Waals surface area contributed by atoms with Crippen molar-refractivity contribution >= 4 is 6.09 Å². The number of fused-ring (bicyclic) bond motifs is 3. The molecule has 3 heterocycles. The van der Waals surface area contributed by atoms with Crippen molar-refractivity contribution in [1.82, 2.24) is 9.80 Å². The Morgan fingerprint density at radius 3 is 2.33 bits per heavy atom. The molecule has 1 N–H and O–H groups in total. The van der Waals surface area contributed by atoms with Crippen molar-refractivity contribution in [2.45, 2.75) is 56.5 Å². The fourth-order valence-electron chi connectivity index (χ4n) is 5.31. The van der Waals surface area contributed by atoms with E-state index in [4.69, 9.17) is 0 Å². The summed E-state index contributed by atoms with van der Waals surface area (Å²) in [7, 11) is 0. The van der Waals surface area contributed by atoms with Crippen LogP contribution in [0.4, 0.5) is 4.79 Å². The second kappa shape index (κ2) is 6.75. The van der Waals surface area contributed by atoms with Crippen LogP contribution in [0, 0.1) is 5.92 Å². The summed E-state index contributed by atoms with van der Waals surface area (Å²) in [4.78, 5) is 16.6. The molecule has 1 aromatic rings.